The van der Waals surface area contributed by atoms with E-state index in [0.717, 1.165) is 55.6 Å². The van der Waals surface area contributed by atoms with Crippen LogP contribution in [0, 0.1) is 6.92 Å². The smallest absolute Gasteiger partial charge is 0.230 e. The third-order valence-corrected chi connectivity index (χ3v) is 7.46. The van der Waals surface area contributed by atoms with E-state index in [9.17, 15) is 0 Å². The Hall–Kier alpha value is -2.13. The minimum Gasteiger partial charge on any atom is -0.448 e. The average Bonchev–Trinajstić information content (AvgIpc) is 3.27. The molecule has 0 aromatic heterocycles. The Morgan fingerprint density at radius 3 is 2.70 bits per heavy atom. The summed E-state index contributed by atoms with van der Waals surface area (Å²) in [5.74, 6) is 0.899. The zero-order valence-corrected chi connectivity index (χ0v) is 21.5. The molecule has 0 fully saturated rings. The predicted molar refractivity (Wildman–Crippen MR) is 142 cm³/mol. The summed E-state index contributed by atoms with van der Waals surface area (Å²) in [6, 6.07) is 8.60. The molecule has 2 unspecified atom stereocenters. The quantitative estimate of drug-likeness (QED) is 0.176. The molecule has 0 saturated heterocycles. The normalized spacial score (nSPS) is 21.3. The number of likely N-dealkylation sites (N-methyl/N-ethyl adjacent to an activating group) is 1. The van der Waals surface area contributed by atoms with Crippen LogP contribution in [0.5, 0.6) is 0 Å². The highest BCUT2D eigenvalue weighted by atomic mass is 16.5. The number of benzene rings is 1. The Morgan fingerprint density at radius 1 is 1.12 bits per heavy atom. The van der Waals surface area contributed by atoms with Crippen LogP contribution < -0.4 is 0 Å². The molecule has 1 aromatic carbocycles. The van der Waals surface area contributed by atoms with Gasteiger partial charge in [0.15, 0.2) is 0 Å². The van der Waals surface area contributed by atoms with Crippen molar-refractivity contribution in [2.45, 2.75) is 84.8 Å². The van der Waals surface area contributed by atoms with Gasteiger partial charge in [-0.05, 0) is 37.3 Å². The second-order valence-electron chi connectivity index (χ2n) is 10.1. The zero-order chi connectivity index (χ0) is 23.7. The maximum Gasteiger partial charge on any atom is 0.230 e. The van der Waals surface area contributed by atoms with Crippen molar-refractivity contribution in [1.29, 1.82) is 0 Å². The Bertz CT molecular complexity index is 894. The third kappa shape index (κ3) is 7.17. The molecular weight excluding hydrogens is 404 g/mol. The lowest BCUT2D eigenvalue weighted by atomic mass is 9.93. The minimum atomic E-state index is 0.0921. The van der Waals surface area contributed by atoms with Crippen LogP contribution in [0.15, 0.2) is 64.9 Å². The van der Waals surface area contributed by atoms with Gasteiger partial charge in [-0.2, -0.15) is 0 Å². The maximum atomic E-state index is 6.40. The number of allylic oxidation sites excluding steroid dienone is 1. The molecule has 0 saturated carbocycles. The van der Waals surface area contributed by atoms with E-state index in [1.165, 1.54) is 60.1 Å². The number of rotatable bonds is 13. The van der Waals surface area contributed by atoms with Gasteiger partial charge in [-0.3, -0.25) is 9.48 Å². The summed E-state index contributed by atoms with van der Waals surface area (Å²) in [6.45, 7) is 13.9. The largest absolute Gasteiger partial charge is 0.448 e. The Balaban J connectivity index is 1.52. The minimum absolute atomic E-state index is 0.0921. The van der Waals surface area contributed by atoms with Gasteiger partial charge in [-0.15, -0.1) is 0 Å². The van der Waals surface area contributed by atoms with Crippen LogP contribution in [0.4, 0.5) is 0 Å². The Kier molecular flexibility index (Phi) is 9.55. The number of aliphatic imine (C=N–C) groups is 1. The van der Waals surface area contributed by atoms with Gasteiger partial charge in [0.2, 0.25) is 6.23 Å². The summed E-state index contributed by atoms with van der Waals surface area (Å²) in [4.78, 5) is 4.84. The van der Waals surface area contributed by atoms with Crippen molar-refractivity contribution in [3.8, 4) is 0 Å². The van der Waals surface area contributed by atoms with Gasteiger partial charge in [0.1, 0.15) is 6.54 Å². The molecule has 3 nitrogen and oxygen atoms in total. The van der Waals surface area contributed by atoms with Gasteiger partial charge < -0.3 is 4.74 Å². The second-order valence-corrected chi connectivity index (χ2v) is 10.1. The van der Waals surface area contributed by atoms with Crippen molar-refractivity contribution in [1.82, 2.24) is 0 Å². The molecule has 0 spiro atoms. The summed E-state index contributed by atoms with van der Waals surface area (Å²) < 4.78 is 7.29. The molecule has 1 aromatic rings. The molecule has 2 aliphatic heterocycles. The Labute approximate surface area is 202 Å². The van der Waals surface area contributed by atoms with Crippen LogP contribution >= 0.6 is 0 Å². The number of hydrogen-bond donors (Lipinski definition) is 0. The highest BCUT2D eigenvalue weighted by Gasteiger charge is 2.35. The number of aryl methyl sites for hydroxylation is 2. The van der Waals surface area contributed by atoms with E-state index in [1.807, 2.05) is 0 Å². The average molecular weight is 450 g/mol. The topological polar surface area (TPSA) is 21.6 Å². The van der Waals surface area contributed by atoms with E-state index in [0.29, 0.717) is 0 Å². The standard InChI is InChI=1S/C30H45N2O/c1-6-7-8-9-10-17-30-29(20-21-31-30)28-16-13-22-32(5,23-28)26(4)33-25(3)18-19-27-15-12-11-14-24(27)2/h11-12,14-16,20,26H,3,6-10,13,17-19,21-23H2,1-2,4-5H3/q+1. The molecule has 3 heteroatoms. The summed E-state index contributed by atoms with van der Waals surface area (Å²) in [7, 11) is 2.34. The molecule has 180 valence electrons. The van der Waals surface area contributed by atoms with Gasteiger partial charge in [0, 0.05) is 36.6 Å². The Morgan fingerprint density at radius 2 is 1.91 bits per heavy atom. The number of ether oxygens (including phenoxy) is 1. The second kappa shape index (κ2) is 12.4. The molecule has 0 bridgehead atoms. The SMILES string of the molecule is C=C(CCc1ccccc1C)OC(C)[N+]1(C)CCC=C(C2=CCN=C2CCCCCCC)C1. The molecule has 2 atom stereocenters. The first-order valence-electron chi connectivity index (χ1n) is 13.1. The van der Waals surface area contributed by atoms with Gasteiger partial charge in [-0.25, -0.2) is 0 Å². The van der Waals surface area contributed by atoms with Gasteiger partial charge >= 0.3 is 0 Å². The lowest BCUT2D eigenvalue weighted by molar-refractivity contribution is -0.948. The lowest BCUT2D eigenvalue weighted by Gasteiger charge is -2.42. The highest BCUT2D eigenvalue weighted by Crippen LogP contribution is 2.30. The van der Waals surface area contributed by atoms with Crippen LogP contribution in [-0.2, 0) is 11.2 Å². The van der Waals surface area contributed by atoms with Crippen LogP contribution in [0.2, 0.25) is 0 Å². The first-order valence-corrected chi connectivity index (χ1v) is 13.1. The van der Waals surface area contributed by atoms with E-state index < -0.39 is 0 Å². The summed E-state index contributed by atoms with van der Waals surface area (Å²) >= 11 is 0. The fourth-order valence-electron chi connectivity index (χ4n) is 5.04. The van der Waals surface area contributed by atoms with E-state index in [-0.39, 0.29) is 6.23 Å². The van der Waals surface area contributed by atoms with E-state index in [1.54, 1.807) is 0 Å². The molecule has 0 radical (unpaired) electrons. The third-order valence-electron chi connectivity index (χ3n) is 7.46. The number of hydrogen-bond acceptors (Lipinski definition) is 2. The fourth-order valence-corrected chi connectivity index (χ4v) is 5.04. The van der Waals surface area contributed by atoms with Gasteiger partial charge in [0.25, 0.3) is 0 Å². The molecule has 0 amide bonds. The van der Waals surface area contributed by atoms with Crippen molar-refractivity contribution >= 4 is 5.71 Å². The number of nitrogens with zero attached hydrogens (tertiary/aromatic N) is 2. The maximum absolute atomic E-state index is 6.40. The van der Waals surface area contributed by atoms with Gasteiger partial charge in [0.05, 0.1) is 25.9 Å². The molecule has 0 N–H and O–H groups in total. The van der Waals surface area contributed by atoms with Crippen molar-refractivity contribution in [3.05, 3.63) is 71.0 Å². The van der Waals surface area contributed by atoms with E-state index in [4.69, 9.17) is 9.73 Å². The lowest BCUT2D eigenvalue weighted by Crippen LogP contribution is -2.55. The van der Waals surface area contributed by atoms with Crippen molar-refractivity contribution in [2.75, 3.05) is 26.7 Å². The fraction of sp³-hybridized carbons (Fsp3) is 0.567. The van der Waals surface area contributed by atoms with Crippen LogP contribution in [0.3, 0.4) is 0 Å². The molecular formula is C30H45N2O+. The van der Waals surface area contributed by atoms with Crippen molar-refractivity contribution in [3.63, 3.8) is 0 Å². The van der Waals surface area contributed by atoms with E-state index >= 15 is 0 Å². The van der Waals surface area contributed by atoms with Crippen LogP contribution in [0.1, 0.15) is 76.3 Å². The van der Waals surface area contributed by atoms with E-state index in [2.05, 4.69) is 70.8 Å². The first kappa shape index (κ1) is 25.5. The van der Waals surface area contributed by atoms with Crippen molar-refractivity contribution < 1.29 is 9.22 Å². The molecule has 2 heterocycles. The predicted octanol–water partition coefficient (Wildman–Crippen LogP) is 7.32. The van der Waals surface area contributed by atoms with Crippen molar-refractivity contribution in [2.24, 2.45) is 4.99 Å². The zero-order valence-electron chi connectivity index (χ0n) is 21.5. The monoisotopic (exact) mass is 449 g/mol. The summed E-state index contributed by atoms with van der Waals surface area (Å²) in [6.07, 6.45) is 15.5. The van der Waals surface area contributed by atoms with Crippen LogP contribution in [-0.4, -0.2) is 43.1 Å². The summed E-state index contributed by atoms with van der Waals surface area (Å²) in [5.41, 5.74) is 6.95. The molecule has 33 heavy (non-hydrogen) atoms. The molecule has 0 aliphatic carbocycles. The number of quaternary nitrogens is 1. The molecule has 3 rings (SSSR count). The highest BCUT2D eigenvalue weighted by molar-refractivity contribution is 6.05. The molecule has 2 aliphatic rings. The van der Waals surface area contributed by atoms with Gasteiger partial charge in [-0.1, -0.05) is 75.6 Å². The van der Waals surface area contributed by atoms with Crippen LogP contribution in [0.25, 0.3) is 0 Å². The first-order chi connectivity index (χ1) is 15.9. The summed E-state index contributed by atoms with van der Waals surface area (Å²) in [5, 5.41) is 0. The number of unbranched alkanes of at least 4 members (excludes halogenated alkanes) is 4.